The van der Waals surface area contributed by atoms with E-state index >= 15 is 0 Å². The number of benzene rings is 2. The summed E-state index contributed by atoms with van der Waals surface area (Å²) in [6.45, 7) is 0. The molecule has 0 saturated heterocycles. The molecule has 2 aromatic rings. The van der Waals surface area contributed by atoms with E-state index in [0.29, 0.717) is 14.5 Å². The first-order chi connectivity index (χ1) is 8.11. The summed E-state index contributed by atoms with van der Waals surface area (Å²) in [4.78, 5) is 12.1. The van der Waals surface area contributed by atoms with Crippen LogP contribution in [0, 0.1) is 0 Å². The van der Waals surface area contributed by atoms with Crippen molar-refractivity contribution in [1.82, 2.24) is 0 Å². The number of carbonyl (C=O) groups excluding carboxylic acids is 1. The largest absolute Gasteiger partial charge is 0.506 e. The van der Waals surface area contributed by atoms with Crippen molar-refractivity contribution in [2.45, 2.75) is 0 Å². The Hall–Kier alpha value is -1.13. The summed E-state index contributed by atoms with van der Waals surface area (Å²) < 4.78 is 1.19. The number of hydrogen-bond donors (Lipinski definition) is 1. The summed E-state index contributed by atoms with van der Waals surface area (Å²) in [7, 11) is 0. The van der Waals surface area contributed by atoms with Crippen LogP contribution in [-0.2, 0) is 0 Å². The maximum absolute atomic E-state index is 12.1. The Kier molecular flexibility index (Phi) is 3.64. The Morgan fingerprint density at radius 2 is 1.65 bits per heavy atom. The standard InChI is InChI=1S/C13H8Br2O2/c14-10-7-6-9(13(17)11(10)15)12(16)8-4-2-1-3-5-8/h1-7,17H. The van der Waals surface area contributed by atoms with Gasteiger partial charge >= 0.3 is 0 Å². The molecule has 0 saturated carbocycles. The highest BCUT2D eigenvalue weighted by atomic mass is 79.9. The molecule has 0 bridgehead atoms. The third-order valence-corrected chi connectivity index (χ3v) is 4.35. The molecule has 0 radical (unpaired) electrons. The molecule has 0 unspecified atom stereocenters. The molecule has 4 heteroatoms. The minimum Gasteiger partial charge on any atom is -0.506 e. The number of hydrogen-bond acceptors (Lipinski definition) is 2. The molecule has 0 aliphatic heterocycles. The molecular weight excluding hydrogens is 348 g/mol. The quantitative estimate of drug-likeness (QED) is 0.821. The zero-order valence-electron chi connectivity index (χ0n) is 8.65. The van der Waals surface area contributed by atoms with Crippen LogP contribution in [0.3, 0.4) is 0 Å². The molecule has 2 aromatic carbocycles. The van der Waals surface area contributed by atoms with Crippen LogP contribution >= 0.6 is 31.9 Å². The number of ketones is 1. The lowest BCUT2D eigenvalue weighted by Crippen LogP contribution is -2.01. The lowest BCUT2D eigenvalue weighted by Gasteiger charge is -2.06. The minimum atomic E-state index is -0.198. The van der Waals surface area contributed by atoms with Gasteiger partial charge in [0.1, 0.15) is 5.75 Å². The summed E-state index contributed by atoms with van der Waals surface area (Å²) in [5, 5.41) is 9.91. The fraction of sp³-hybridized carbons (Fsp3) is 0. The predicted molar refractivity (Wildman–Crippen MR) is 73.4 cm³/mol. The van der Waals surface area contributed by atoms with Crippen LogP contribution in [0.5, 0.6) is 5.75 Å². The van der Waals surface area contributed by atoms with E-state index < -0.39 is 0 Å². The average Bonchev–Trinajstić information content (AvgIpc) is 2.36. The monoisotopic (exact) mass is 354 g/mol. The number of halogens is 2. The molecule has 17 heavy (non-hydrogen) atoms. The Balaban J connectivity index is 2.49. The molecule has 0 atom stereocenters. The SMILES string of the molecule is O=C(c1ccccc1)c1ccc(Br)c(Br)c1O. The van der Waals surface area contributed by atoms with Gasteiger partial charge in [0, 0.05) is 10.0 Å². The van der Waals surface area contributed by atoms with E-state index in [2.05, 4.69) is 31.9 Å². The lowest BCUT2D eigenvalue weighted by molar-refractivity contribution is 0.103. The highest BCUT2D eigenvalue weighted by Crippen LogP contribution is 2.35. The molecule has 86 valence electrons. The van der Waals surface area contributed by atoms with Gasteiger partial charge in [-0.25, -0.2) is 0 Å². The number of rotatable bonds is 2. The normalized spacial score (nSPS) is 10.2. The second-order valence-corrected chi connectivity index (χ2v) is 5.10. The van der Waals surface area contributed by atoms with Gasteiger partial charge < -0.3 is 5.11 Å². The second-order valence-electron chi connectivity index (χ2n) is 3.45. The Morgan fingerprint density at radius 1 is 1.00 bits per heavy atom. The second kappa shape index (κ2) is 5.02. The van der Waals surface area contributed by atoms with Gasteiger partial charge in [-0.15, -0.1) is 0 Å². The van der Waals surface area contributed by atoms with Gasteiger partial charge in [0.2, 0.25) is 0 Å². The molecule has 0 spiro atoms. The van der Waals surface area contributed by atoms with Crippen LogP contribution in [0.1, 0.15) is 15.9 Å². The van der Waals surface area contributed by atoms with E-state index in [4.69, 9.17) is 0 Å². The van der Waals surface area contributed by atoms with Crippen LogP contribution in [-0.4, -0.2) is 10.9 Å². The van der Waals surface area contributed by atoms with Crippen molar-refractivity contribution in [2.24, 2.45) is 0 Å². The number of phenols is 1. The molecule has 2 rings (SSSR count). The Labute approximate surface area is 116 Å². The molecule has 0 aliphatic carbocycles. The molecule has 0 fully saturated rings. The summed E-state index contributed by atoms with van der Waals surface area (Å²) >= 11 is 6.49. The topological polar surface area (TPSA) is 37.3 Å². The van der Waals surface area contributed by atoms with Crippen molar-refractivity contribution in [2.75, 3.05) is 0 Å². The van der Waals surface area contributed by atoms with Gasteiger partial charge in [-0.1, -0.05) is 30.3 Å². The summed E-state index contributed by atoms with van der Waals surface area (Å²) in [6, 6.07) is 12.2. The summed E-state index contributed by atoms with van der Waals surface area (Å²) in [5.74, 6) is -0.246. The average molecular weight is 356 g/mol. The fourth-order valence-corrected chi connectivity index (χ4v) is 2.13. The molecule has 1 N–H and O–H groups in total. The molecule has 0 amide bonds. The van der Waals surface area contributed by atoms with E-state index in [0.717, 1.165) is 0 Å². The van der Waals surface area contributed by atoms with Crippen LogP contribution in [0.25, 0.3) is 0 Å². The van der Waals surface area contributed by atoms with Gasteiger partial charge in [-0.2, -0.15) is 0 Å². The first kappa shape index (κ1) is 12.3. The van der Waals surface area contributed by atoms with Gasteiger partial charge in [0.25, 0.3) is 0 Å². The van der Waals surface area contributed by atoms with E-state index in [9.17, 15) is 9.90 Å². The number of aromatic hydroxyl groups is 1. The zero-order valence-corrected chi connectivity index (χ0v) is 11.8. The third kappa shape index (κ3) is 2.42. The minimum absolute atomic E-state index is 0.0479. The van der Waals surface area contributed by atoms with E-state index in [1.807, 2.05) is 6.07 Å². The number of carbonyl (C=O) groups is 1. The predicted octanol–water partition coefficient (Wildman–Crippen LogP) is 4.15. The maximum Gasteiger partial charge on any atom is 0.196 e. The molecule has 0 aliphatic rings. The first-order valence-corrected chi connectivity index (χ1v) is 6.46. The van der Waals surface area contributed by atoms with Gasteiger partial charge in [0.05, 0.1) is 10.0 Å². The zero-order chi connectivity index (χ0) is 12.4. The van der Waals surface area contributed by atoms with Crippen LogP contribution < -0.4 is 0 Å². The van der Waals surface area contributed by atoms with Crippen molar-refractivity contribution in [3.05, 3.63) is 62.5 Å². The maximum atomic E-state index is 12.1. The van der Waals surface area contributed by atoms with E-state index in [1.165, 1.54) is 0 Å². The Morgan fingerprint density at radius 3 is 2.29 bits per heavy atom. The van der Waals surface area contributed by atoms with Crippen molar-refractivity contribution >= 4 is 37.6 Å². The van der Waals surface area contributed by atoms with Gasteiger partial charge in [-0.3, -0.25) is 4.79 Å². The molecule has 2 nitrogen and oxygen atoms in total. The van der Waals surface area contributed by atoms with E-state index in [-0.39, 0.29) is 17.1 Å². The number of phenolic OH excluding ortho intramolecular Hbond substituents is 1. The molecular formula is C13H8Br2O2. The lowest BCUT2D eigenvalue weighted by atomic mass is 10.0. The van der Waals surface area contributed by atoms with Gasteiger partial charge in [0.15, 0.2) is 5.78 Å². The molecule has 0 heterocycles. The van der Waals surface area contributed by atoms with Crippen LogP contribution in [0.2, 0.25) is 0 Å². The molecule has 0 aromatic heterocycles. The first-order valence-electron chi connectivity index (χ1n) is 4.88. The van der Waals surface area contributed by atoms with Crippen LogP contribution in [0.15, 0.2) is 51.4 Å². The van der Waals surface area contributed by atoms with Crippen molar-refractivity contribution in [1.29, 1.82) is 0 Å². The third-order valence-electron chi connectivity index (χ3n) is 2.35. The highest BCUT2D eigenvalue weighted by Gasteiger charge is 2.16. The van der Waals surface area contributed by atoms with Crippen molar-refractivity contribution < 1.29 is 9.90 Å². The summed E-state index contributed by atoms with van der Waals surface area (Å²) in [5.41, 5.74) is 0.836. The van der Waals surface area contributed by atoms with Crippen molar-refractivity contribution in [3.63, 3.8) is 0 Å². The highest BCUT2D eigenvalue weighted by molar-refractivity contribution is 9.13. The fourth-order valence-electron chi connectivity index (χ4n) is 1.47. The summed E-state index contributed by atoms with van der Waals surface area (Å²) in [6.07, 6.45) is 0. The van der Waals surface area contributed by atoms with Crippen molar-refractivity contribution in [3.8, 4) is 5.75 Å². The smallest absolute Gasteiger partial charge is 0.196 e. The van der Waals surface area contributed by atoms with Crippen LogP contribution in [0.4, 0.5) is 0 Å². The van der Waals surface area contributed by atoms with E-state index in [1.54, 1.807) is 36.4 Å². The Bertz CT molecular complexity index is 565. The van der Waals surface area contributed by atoms with Gasteiger partial charge in [-0.05, 0) is 44.0 Å².